The number of hydrogen-bond donors (Lipinski definition) is 0. The molecule has 3 heteroatoms. The minimum atomic E-state index is -0.179. The molecule has 0 spiro atoms. The van der Waals surface area contributed by atoms with Gasteiger partial charge in [0.1, 0.15) is 11.9 Å². The van der Waals surface area contributed by atoms with Crippen molar-refractivity contribution in [1.82, 2.24) is 0 Å². The Hall–Kier alpha value is -1.61. The highest BCUT2D eigenvalue weighted by atomic mass is 79.9. The number of halogens is 1. The largest absolute Gasteiger partial charge is 0.484 e. The molecule has 0 amide bonds. The number of ketones is 1. The highest BCUT2D eigenvalue weighted by Gasteiger charge is 2.27. The fourth-order valence-electron chi connectivity index (χ4n) is 2.45. The summed E-state index contributed by atoms with van der Waals surface area (Å²) in [5, 5.41) is 0. The number of rotatable bonds is 2. The van der Waals surface area contributed by atoms with Gasteiger partial charge in [0, 0.05) is 4.47 Å². The van der Waals surface area contributed by atoms with E-state index in [4.69, 9.17) is 4.74 Å². The second-order valence-corrected chi connectivity index (χ2v) is 5.89. The predicted octanol–water partition coefficient (Wildman–Crippen LogP) is 4.72. The Balaban J connectivity index is 1.90. The van der Waals surface area contributed by atoms with Crippen LogP contribution in [0.15, 0.2) is 46.9 Å². The normalized spacial score (nSPS) is 17.5. The summed E-state index contributed by atoms with van der Waals surface area (Å²) < 4.78 is 6.88. The quantitative estimate of drug-likeness (QED) is 0.796. The van der Waals surface area contributed by atoms with E-state index in [1.165, 1.54) is 5.56 Å². The van der Waals surface area contributed by atoms with Crippen molar-refractivity contribution in [3.05, 3.63) is 63.6 Å². The van der Waals surface area contributed by atoms with E-state index in [1.54, 1.807) is 0 Å². The number of benzene rings is 2. The molecule has 20 heavy (non-hydrogen) atoms. The summed E-state index contributed by atoms with van der Waals surface area (Å²) in [6.45, 7) is 2.13. The highest BCUT2D eigenvalue weighted by molar-refractivity contribution is 9.10. The first-order valence-corrected chi connectivity index (χ1v) is 7.55. The van der Waals surface area contributed by atoms with Gasteiger partial charge in [-0.3, -0.25) is 4.79 Å². The molecule has 0 fully saturated rings. The molecule has 0 N–H and O–H groups in total. The van der Waals surface area contributed by atoms with Gasteiger partial charge in [-0.05, 0) is 35.7 Å². The number of carbonyl (C=O) groups excluding carboxylic acids is 1. The highest BCUT2D eigenvalue weighted by Crippen LogP contribution is 2.36. The first-order chi connectivity index (χ1) is 9.67. The van der Waals surface area contributed by atoms with Gasteiger partial charge in [0.2, 0.25) is 0 Å². The Bertz CT molecular complexity index is 647. The number of ether oxygens (including phenoxy) is 1. The summed E-state index contributed by atoms with van der Waals surface area (Å²) in [6.07, 6.45) is 1.23. The standard InChI is InChI=1S/C17H15BrO2/c1-2-11-3-5-12(6-4-11)17-10-15(19)14-9-13(18)7-8-16(14)20-17/h3-9,17H,2,10H2,1H3. The van der Waals surface area contributed by atoms with E-state index in [0.717, 1.165) is 16.5 Å². The average Bonchev–Trinajstić information content (AvgIpc) is 2.48. The zero-order valence-electron chi connectivity index (χ0n) is 11.2. The number of aryl methyl sites for hydroxylation is 1. The lowest BCUT2D eigenvalue weighted by Gasteiger charge is -2.25. The molecule has 2 nitrogen and oxygen atoms in total. The van der Waals surface area contributed by atoms with Crippen LogP contribution in [0.2, 0.25) is 0 Å². The molecule has 2 aromatic rings. The molecule has 1 atom stereocenters. The molecule has 2 aromatic carbocycles. The zero-order valence-corrected chi connectivity index (χ0v) is 12.8. The van der Waals surface area contributed by atoms with Gasteiger partial charge in [-0.25, -0.2) is 0 Å². The Labute approximate surface area is 126 Å². The van der Waals surface area contributed by atoms with Crippen LogP contribution < -0.4 is 4.74 Å². The van der Waals surface area contributed by atoms with Gasteiger partial charge < -0.3 is 4.74 Å². The van der Waals surface area contributed by atoms with E-state index in [2.05, 4.69) is 47.1 Å². The van der Waals surface area contributed by atoms with Gasteiger partial charge in [-0.15, -0.1) is 0 Å². The summed E-state index contributed by atoms with van der Waals surface area (Å²) in [4.78, 5) is 12.2. The average molecular weight is 331 g/mol. The molecule has 1 heterocycles. The van der Waals surface area contributed by atoms with E-state index >= 15 is 0 Å². The molecule has 1 unspecified atom stereocenters. The maximum absolute atomic E-state index is 12.2. The molecule has 1 aliphatic heterocycles. The monoisotopic (exact) mass is 330 g/mol. The summed E-state index contributed by atoms with van der Waals surface area (Å²) in [6, 6.07) is 13.9. The topological polar surface area (TPSA) is 26.3 Å². The summed E-state index contributed by atoms with van der Waals surface area (Å²) >= 11 is 3.39. The van der Waals surface area contributed by atoms with Crippen molar-refractivity contribution in [2.45, 2.75) is 25.9 Å². The second kappa shape index (κ2) is 5.41. The number of hydrogen-bond acceptors (Lipinski definition) is 2. The Kier molecular flexibility index (Phi) is 3.62. The number of carbonyl (C=O) groups is 1. The molecule has 0 aromatic heterocycles. The minimum Gasteiger partial charge on any atom is -0.484 e. The Morgan fingerprint density at radius 1 is 1.20 bits per heavy atom. The summed E-state index contributed by atoms with van der Waals surface area (Å²) in [5.74, 6) is 0.811. The molecule has 0 aliphatic carbocycles. The molecule has 0 saturated carbocycles. The summed E-state index contributed by atoms with van der Waals surface area (Å²) in [5.41, 5.74) is 3.02. The first-order valence-electron chi connectivity index (χ1n) is 6.75. The molecule has 3 rings (SSSR count). The van der Waals surface area contributed by atoms with Crippen LogP contribution in [0.1, 0.15) is 40.9 Å². The minimum absolute atomic E-state index is 0.136. The number of Topliss-reactive ketones (excluding diaryl/α,β-unsaturated/α-hetero) is 1. The molecular formula is C17H15BrO2. The van der Waals surface area contributed by atoms with Crippen molar-refractivity contribution in [3.63, 3.8) is 0 Å². The number of fused-ring (bicyclic) bond motifs is 1. The molecule has 0 saturated heterocycles. The maximum Gasteiger partial charge on any atom is 0.170 e. The van der Waals surface area contributed by atoms with Gasteiger partial charge in [0.15, 0.2) is 5.78 Å². The predicted molar refractivity (Wildman–Crippen MR) is 82.3 cm³/mol. The van der Waals surface area contributed by atoms with Gasteiger partial charge in [0.05, 0.1) is 12.0 Å². The second-order valence-electron chi connectivity index (χ2n) is 4.97. The van der Waals surface area contributed by atoms with Crippen LogP contribution in [0, 0.1) is 0 Å². The Morgan fingerprint density at radius 2 is 1.95 bits per heavy atom. The van der Waals surface area contributed by atoms with Crippen molar-refractivity contribution < 1.29 is 9.53 Å². The fourth-order valence-corrected chi connectivity index (χ4v) is 2.81. The lowest BCUT2D eigenvalue weighted by Crippen LogP contribution is -2.20. The van der Waals surface area contributed by atoms with Gasteiger partial charge in [-0.1, -0.05) is 47.1 Å². The molecule has 0 bridgehead atoms. The van der Waals surface area contributed by atoms with Crippen LogP contribution in [-0.2, 0) is 6.42 Å². The maximum atomic E-state index is 12.2. The SMILES string of the molecule is CCc1ccc(C2CC(=O)c3cc(Br)ccc3O2)cc1. The van der Waals surface area contributed by atoms with Crippen molar-refractivity contribution in [1.29, 1.82) is 0 Å². The van der Waals surface area contributed by atoms with Crippen LogP contribution in [0.3, 0.4) is 0 Å². The lowest BCUT2D eigenvalue weighted by molar-refractivity contribution is 0.0850. The van der Waals surface area contributed by atoms with E-state index in [0.29, 0.717) is 17.7 Å². The van der Waals surface area contributed by atoms with Crippen molar-refractivity contribution >= 4 is 21.7 Å². The van der Waals surface area contributed by atoms with E-state index in [1.807, 2.05) is 18.2 Å². The molecule has 102 valence electrons. The molecule has 0 radical (unpaired) electrons. The van der Waals surface area contributed by atoms with Gasteiger partial charge in [0.25, 0.3) is 0 Å². The fraction of sp³-hybridized carbons (Fsp3) is 0.235. The van der Waals surface area contributed by atoms with E-state index < -0.39 is 0 Å². The lowest BCUT2D eigenvalue weighted by atomic mass is 9.95. The summed E-state index contributed by atoms with van der Waals surface area (Å²) in [7, 11) is 0. The zero-order chi connectivity index (χ0) is 14.1. The molecule has 1 aliphatic rings. The van der Waals surface area contributed by atoms with Crippen molar-refractivity contribution in [2.75, 3.05) is 0 Å². The van der Waals surface area contributed by atoms with Crippen LogP contribution in [0.5, 0.6) is 5.75 Å². The van der Waals surface area contributed by atoms with Crippen LogP contribution in [0.4, 0.5) is 0 Å². The van der Waals surface area contributed by atoms with Crippen LogP contribution >= 0.6 is 15.9 Å². The van der Waals surface area contributed by atoms with E-state index in [-0.39, 0.29) is 11.9 Å². The van der Waals surface area contributed by atoms with Gasteiger partial charge in [-0.2, -0.15) is 0 Å². The van der Waals surface area contributed by atoms with Crippen LogP contribution in [-0.4, -0.2) is 5.78 Å². The smallest absolute Gasteiger partial charge is 0.170 e. The van der Waals surface area contributed by atoms with E-state index in [9.17, 15) is 4.79 Å². The van der Waals surface area contributed by atoms with Crippen molar-refractivity contribution in [2.24, 2.45) is 0 Å². The van der Waals surface area contributed by atoms with Crippen LogP contribution in [0.25, 0.3) is 0 Å². The van der Waals surface area contributed by atoms with Gasteiger partial charge >= 0.3 is 0 Å². The first kappa shape index (κ1) is 13.4. The Morgan fingerprint density at radius 3 is 2.65 bits per heavy atom. The van der Waals surface area contributed by atoms with Crippen molar-refractivity contribution in [3.8, 4) is 5.75 Å². The third-order valence-corrected chi connectivity index (χ3v) is 4.14. The molecular weight excluding hydrogens is 316 g/mol. The third-order valence-electron chi connectivity index (χ3n) is 3.64. The third kappa shape index (κ3) is 2.50.